The highest BCUT2D eigenvalue weighted by Crippen LogP contribution is 2.39. The van der Waals surface area contributed by atoms with Crippen molar-refractivity contribution in [1.82, 2.24) is 9.80 Å². The number of methoxy groups -OCH3 is 1. The van der Waals surface area contributed by atoms with Gasteiger partial charge in [-0.25, -0.2) is 0 Å². The van der Waals surface area contributed by atoms with Crippen molar-refractivity contribution in [1.29, 1.82) is 0 Å². The normalized spacial score (nSPS) is 14.6. The van der Waals surface area contributed by atoms with Gasteiger partial charge in [-0.1, -0.05) is 41.4 Å². The summed E-state index contributed by atoms with van der Waals surface area (Å²) in [6, 6.07) is 9.23. The van der Waals surface area contributed by atoms with E-state index in [0.717, 1.165) is 68.0 Å². The molecule has 4 nitrogen and oxygen atoms in total. The highest BCUT2D eigenvalue weighted by Gasteiger charge is 2.19. The molecule has 1 heterocycles. The lowest BCUT2D eigenvalue weighted by Gasteiger charge is -2.34. The smallest absolute Gasteiger partial charge is 0.246 e. The minimum Gasteiger partial charge on any atom is -0.496 e. The molecule has 1 amide bonds. The van der Waals surface area contributed by atoms with Gasteiger partial charge in [0.2, 0.25) is 5.91 Å². The van der Waals surface area contributed by atoms with E-state index in [-0.39, 0.29) is 5.91 Å². The zero-order valence-corrected chi connectivity index (χ0v) is 19.2. The first-order valence-corrected chi connectivity index (χ1v) is 11.0. The molecule has 0 unspecified atom stereocenters. The number of piperazine rings is 1. The molecular weight excluding hydrogens is 443 g/mol. The molecule has 2 aromatic rings. The third kappa shape index (κ3) is 5.50. The summed E-state index contributed by atoms with van der Waals surface area (Å²) in [5, 5.41) is 1.78. The van der Waals surface area contributed by atoms with E-state index in [0.29, 0.717) is 15.1 Å². The van der Waals surface area contributed by atoms with Crippen molar-refractivity contribution >= 4 is 40.7 Å². The van der Waals surface area contributed by atoms with Gasteiger partial charge in [0.15, 0.2) is 0 Å². The van der Waals surface area contributed by atoms with Crippen molar-refractivity contribution in [3.05, 3.63) is 63.6 Å². The lowest BCUT2D eigenvalue weighted by atomic mass is 9.99. The van der Waals surface area contributed by atoms with E-state index >= 15 is 0 Å². The van der Waals surface area contributed by atoms with Crippen LogP contribution in [0.4, 0.5) is 0 Å². The van der Waals surface area contributed by atoms with Gasteiger partial charge >= 0.3 is 0 Å². The standard InChI is InChI=1S/C23H25Cl3N2O2/c1-3-23(29)28-11-9-27(10-12-28)8-4-5-16-13-18(21(26)15-22(16)30-2)19-14-17(24)6-7-20(19)25/h3,6-7,13-15H,1,4-5,8-12H2,2H3. The second kappa shape index (κ2) is 10.5. The number of rotatable bonds is 7. The summed E-state index contributed by atoms with van der Waals surface area (Å²) in [7, 11) is 1.65. The lowest BCUT2D eigenvalue weighted by molar-refractivity contribution is -0.127. The van der Waals surface area contributed by atoms with E-state index in [1.165, 1.54) is 6.08 Å². The second-order valence-corrected chi connectivity index (χ2v) is 8.49. The Labute approximate surface area is 193 Å². The summed E-state index contributed by atoms with van der Waals surface area (Å²) in [6.45, 7) is 7.75. The molecule has 0 bridgehead atoms. The van der Waals surface area contributed by atoms with Gasteiger partial charge in [-0.15, -0.1) is 0 Å². The molecule has 0 atom stereocenters. The number of aryl methyl sites for hydroxylation is 1. The van der Waals surface area contributed by atoms with Crippen LogP contribution in [0.2, 0.25) is 15.1 Å². The lowest BCUT2D eigenvalue weighted by Crippen LogP contribution is -2.48. The third-order valence-electron chi connectivity index (χ3n) is 5.37. The molecule has 160 valence electrons. The number of nitrogens with zero attached hydrogens (tertiary/aromatic N) is 2. The van der Waals surface area contributed by atoms with Gasteiger partial charge in [-0.3, -0.25) is 9.69 Å². The van der Waals surface area contributed by atoms with Gasteiger partial charge in [-0.05, 0) is 61.4 Å². The fraction of sp³-hybridized carbons (Fsp3) is 0.348. The van der Waals surface area contributed by atoms with Crippen LogP contribution in [0.5, 0.6) is 5.75 Å². The minimum absolute atomic E-state index is 0.00718. The fourth-order valence-electron chi connectivity index (χ4n) is 3.71. The number of amides is 1. The minimum atomic E-state index is 0.00718. The first-order valence-electron chi connectivity index (χ1n) is 9.88. The molecule has 30 heavy (non-hydrogen) atoms. The monoisotopic (exact) mass is 466 g/mol. The summed E-state index contributed by atoms with van der Waals surface area (Å²) in [5.74, 6) is 0.774. The van der Waals surface area contributed by atoms with E-state index < -0.39 is 0 Å². The Kier molecular flexibility index (Phi) is 8.06. The van der Waals surface area contributed by atoms with Gasteiger partial charge in [-0.2, -0.15) is 0 Å². The number of ether oxygens (including phenoxy) is 1. The van der Waals surface area contributed by atoms with Crippen LogP contribution in [0.15, 0.2) is 43.0 Å². The van der Waals surface area contributed by atoms with E-state index in [1.54, 1.807) is 19.2 Å². The number of hydrogen-bond acceptors (Lipinski definition) is 3. The Morgan fingerprint density at radius 3 is 2.43 bits per heavy atom. The van der Waals surface area contributed by atoms with E-state index in [2.05, 4.69) is 11.5 Å². The predicted octanol–water partition coefficient (Wildman–Crippen LogP) is 5.59. The van der Waals surface area contributed by atoms with Crippen LogP contribution < -0.4 is 4.74 Å². The van der Waals surface area contributed by atoms with Gasteiger partial charge in [0.1, 0.15) is 5.75 Å². The summed E-state index contributed by atoms with van der Waals surface area (Å²) >= 11 is 19.1. The number of carbonyl (C=O) groups excluding carboxylic acids is 1. The Morgan fingerprint density at radius 1 is 1.07 bits per heavy atom. The van der Waals surface area contributed by atoms with Crippen molar-refractivity contribution in [2.75, 3.05) is 39.8 Å². The molecule has 0 saturated carbocycles. The molecule has 2 aromatic carbocycles. The molecule has 1 aliphatic heterocycles. The zero-order chi connectivity index (χ0) is 21.7. The zero-order valence-electron chi connectivity index (χ0n) is 17.0. The molecule has 3 rings (SSSR count). The first kappa shape index (κ1) is 23.0. The molecule has 0 aliphatic carbocycles. The summed E-state index contributed by atoms with van der Waals surface area (Å²) in [4.78, 5) is 15.9. The van der Waals surface area contributed by atoms with Gasteiger partial charge in [0.25, 0.3) is 0 Å². The van der Waals surface area contributed by atoms with Crippen molar-refractivity contribution in [2.24, 2.45) is 0 Å². The van der Waals surface area contributed by atoms with Gasteiger partial charge in [0, 0.05) is 47.4 Å². The second-order valence-electron chi connectivity index (χ2n) is 7.24. The topological polar surface area (TPSA) is 32.8 Å². The number of halogens is 3. The molecule has 0 radical (unpaired) electrons. The average Bonchev–Trinajstić information content (AvgIpc) is 2.76. The predicted molar refractivity (Wildman–Crippen MR) is 125 cm³/mol. The van der Waals surface area contributed by atoms with Crippen LogP contribution in [-0.2, 0) is 11.2 Å². The molecule has 1 saturated heterocycles. The highest BCUT2D eigenvalue weighted by molar-refractivity contribution is 6.37. The summed E-state index contributed by atoms with van der Waals surface area (Å²) in [6.07, 6.45) is 3.19. The summed E-state index contributed by atoms with van der Waals surface area (Å²) in [5.41, 5.74) is 2.73. The quantitative estimate of drug-likeness (QED) is 0.498. The molecule has 0 spiro atoms. The van der Waals surface area contributed by atoms with Crippen molar-refractivity contribution in [3.8, 4) is 16.9 Å². The molecule has 1 aliphatic rings. The molecular formula is C23H25Cl3N2O2. The first-order chi connectivity index (χ1) is 14.4. The molecule has 0 aromatic heterocycles. The molecule has 1 fully saturated rings. The van der Waals surface area contributed by atoms with Gasteiger partial charge < -0.3 is 9.64 Å². The number of benzene rings is 2. The van der Waals surface area contributed by atoms with Crippen LogP contribution in [0.3, 0.4) is 0 Å². The van der Waals surface area contributed by atoms with E-state index in [1.807, 2.05) is 23.1 Å². The van der Waals surface area contributed by atoms with Crippen LogP contribution in [0.25, 0.3) is 11.1 Å². The SMILES string of the molecule is C=CC(=O)N1CCN(CCCc2cc(-c3cc(Cl)ccc3Cl)c(Cl)cc2OC)CC1. The fourth-order valence-corrected chi connectivity index (χ4v) is 4.36. The third-order valence-corrected chi connectivity index (χ3v) is 6.25. The maximum absolute atomic E-state index is 11.7. The Hall–Kier alpha value is -1.72. The average molecular weight is 468 g/mol. The Morgan fingerprint density at radius 2 is 1.77 bits per heavy atom. The number of carbonyl (C=O) groups is 1. The largest absolute Gasteiger partial charge is 0.496 e. The van der Waals surface area contributed by atoms with Crippen LogP contribution in [0, 0.1) is 0 Å². The van der Waals surface area contributed by atoms with Crippen molar-refractivity contribution in [2.45, 2.75) is 12.8 Å². The van der Waals surface area contributed by atoms with E-state index in [9.17, 15) is 4.79 Å². The van der Waals surface area contributed by atoms with Crippen molar-refractivity contribution in [3.63, 3.8) is 0 Å². The van der Waals surface area contributed by atoms with Gasteiger partial charge in [0.05, 0.1) is 12.1 Å². The highest BCUT2D eigenvalue weighted by atomic mass is 35.5. The van der Waals surface area contributed by atoms with Crippen LogP contribution in [-0.4, -0.2) is 55.5 Å². The van der Waals surface area contributed by atoms with E-state index in [4.69, 9.17) is 39.5 Å². The van der Waals surface area contributed by atoms with Crippen molar-refractivity contribution < 1.29 is 9.53 Å². The Balaban J connectivity index is 1.68. The van der Waals surface area contributed by atoms with Crippen LogP contribution >= 0.6 is 34.8 Å². The summed E-state index contributed by atoms with van der Waals surface area (Å²) < 4.78 is 5.56. The Bertz CT molecular complexity index is 925. The maximum Gasteiger partial charge on any atom is 0.246 e. The molecule has 0 N–H and O–H groups in total. The number of hydrogen-bond donors (Lipinski definition) is 0. The van der Waals surface area contributed by atoms with Crippen LogP contribution in [0.1, 0.15) is 12.0 Å². The maximum atomic E-state index is 11.7. The molecule has 7 heteroatoms.